The molecule has 2 N–H and O–H groups in total. The van der Waals surface area contributed by atoms with Gasteiger partial charge in [0.1, 0.15) is 5.75 Å². The number of piperidine rings is 1. The molecule has 3 rings (SSSR count). The fourth-order valence-electron chi connectivity index (χ4n) is 3.95. The molecule has 1 spiro atoms. The lowest BCUT2D eigenvalue weighted by atomic mass is 9.96. The summed E-state index contributed by atoms with van der Waals surface area (Å²) in [4.78, 5) is 16.7. The molecular weight excluding hydrogens is 392 g/mol. The molecule has 2 aliphatic rings. The summed E-state index contributed by atoms with van der Waals surface area (Å²) in [6, 6.07) is 7.94. The first-order chi connectivity index (χ1) is 13.5. The second kappa shape index (κ2) is 9.33. The molecule has 2 fully saturated rings. The lowest BCUT2D eigenvalue weighted by Gasteiger charge is -2.44. The van der Waals surface area contributed by atoms with Crippen LogP contribution in [0.3, 0.4) is 0 Å². The molecule has 0 bridgehead atoms. The Hall–Kier alpha value is -1.51. The van der Waals surface area contributed by atoms with Crippen LogP contribution in [0.15, 0.2) is 24.3 Å². The summed E-state index contributed by atoms with van der Waals surface area (Å²) in [5.74, 6) is 2.08. The number of rotatable bonds is 6. The van der Waals surface area contributed by atoms with E-state index >= 15 is 0 Å². The Balaban J connectivity index is 1.50. The number of hydrogen-bond donors (Lipinski definition) is 2. The summed E-state index contributed by atoms with van der Waals surface area (Å²) in [6.45, 7) is 2.38. The molecule has 1 aromatic rings. The predicted molar refractivity (Wildman–Crippen MR) is 119 cm³/mol. The molecule has 28 heavy (non-hydrogen) atoms. The third kappa shape index (κ3) is 4.55. The maximum Gasteiger partial charge on any atom is 0.241 e. The van der Waals surface area contributed by atoms with Gasteiger partial charge in [0.25, 0.3) is 0 Å². The van der Waals surface area contributed by atoms with E-state index in [0.717, 1.165) is 54.5 Å². The number of ether oxygens (including phenoxy) is 1. The first-order valence-electron chi connectivity index (χ1n) is 9.69. The zero-order chi connectivity index (χ0) is 20.1. The minimum Gasteiger partial charge on any atom is -0.497 e. The van der Waals surface area contributed by atoms with E-state index < -0.39 is 0 Å². The van der Waals surface area contributed by atoms with Gasteiger partial charge in [0.15, 0.2) is 5.11 Å². The van der Waals surface area contributed by atoms with Gasteiger partial charge < -0.3 is 19.9 Å². The Kier molecular flexibility index (Phi) is 7.06. The van der Waals surface area contributed by atoms with Crippen LogP contribution in [-0.2, 0) is 11.3 Å². The van der Waals surface area contributed by atoms with E-state index in [-0.39, 0.29) is 17.6 Å². The Bertz CT molecular complexity index is 690. The van der Waals surface area contributed by atoms with Crippen LogP contribution in [0, 0.1) is 0 Å². The summed E-state index contributed by atoms with van der Waals surface area (Å²) in [5, 5.41) is 7.76. The van der Waals surface area contributed by atoms with Gasteiger partial charge in [-0.2, -0.15) is 11.8 Å². The molecule has 6 nitrogen and oxygen atoms in total. The molecule has 1 unspecified atom stereocenters. The molecule has 1 atom stereocenters. The van der Waals surface area contributed by atoms with Gasteiger partial charge in [0.05, 0.1) is 18.8 Å². The number of thiocarbonyl (C=S) groups is 1. The Morgan fingerprint density at radius 3 is 2.64 bits per heavy atom. The second-order valence-corrected chi connectivity index (χ2v) is 8.77. The zero-order valence-corrected chi connectivity index (χ0v) is 18.5. The van der Waals surface area contributed by atoms with Crippen molar-refractivity contribution in [2.75, 3.05) is 39.3 Å². The molecule has 2 heterocycles. The number of thioether (sulfide) groups is 1. The number of carbonyl (C=O) groups excluding carboxylic acids is 1. The van der Waals surface area contributed by atoms with Crippen LogP contribution in [0.25, 0.3) is 0 Å². The van der Waals surface area contributed by atoms with E-state index in [1.165, 1.54) is 0 Å². The molecule has 0 radical (unpaired) electrons. The lowest BCUT2D eigenvalue weighted by Crippen LogP contribution is -2.59. The molecule has 1 amide bonds. The van der Waals surface area contributed by atoms with Gasteiger partial charge in [-0.25, -0.2) is 0 Å². The highest BCUT2D eigenvalue weighted by atomic mass is 32.2. The summed E-state index contributed by atoms with van der Waals surface area (Å²) in [5.41, 5.74) is 0.943. The van der Waals surface area contributed by atoms with Crippen molar-refractivity contribution < 1.29 is 9.53 Å². The lowest BCUT2D eigenvalue weighted by molar-refractivity contribution is -0.131. The third-order valence-electron chi connectivity index (χ3n) is 5.80. The van der Waals surface area contributed by atoms with Gasteiger partial charge >= 0.3 is 0 Å². The maximum absolute atomic E-state index is 12.6. The van der Waals surface area contributed by atoms with E-state index in [1.54, 1.807) is 18.9 Å². The van der Waals surface area contributed by atoms with E-state index in [0.29, 0.717) is 6.54 Å². The molecule has 1 aromatic carbocycles. The van der Waals surface area contributed by atoms with Gasteiger partial charge in [-0.3, -0.25) is 10.1 Å². The van der Waals surface area contributed by atoms with Crippen LogP contribution < -0.4 is 15.4 Å². The van der Waals surface area contributed by atoms with Crippen LogP contribution in [0.2, 0.25) is 0 Å². The maximum atomic E-state index is 12.6. The number of amides is 1. The summed E-state index contributed by atoms with van der Waals surface area (Å²) < 4.78 is 5.19. The van der Waals surface area contributed by atoms with Crippen molar-refractivity contribution in [1.29, 1.82) is 0 Å². The van der Waals surface area contributed by atoms with Crippen LogP contribution in [0.5, 0.6) is 5.75 Å². The number of hydrogen-bond acceptors (Lipinski definition) is 5. The summed E-state index contributed by atoms with van der Waals surface area (Å²) in [7, 11) is 3.60. The third-order valence-corrected chi connectivity index (χ3v) is 6.85. The van der Waals surface area contributed by atoms with Gasteiger partial charge in [-0.15, -0.1) is 0 Å². The van der Waals surface area contributed by atoms with Gasteiger partial charge in [0.2, 0.25) is 5.91 Å². The molecule has 0 aliphatic carbocycles. The van der Waals surface area contributed by atoms with E-state index in [4.69, 9.17) is 17.0 Å². The molecule has 0 saturated carbocycles. The van der Waals surface area contributed by atoms with Crippen molar-refractivity contribution in [3.8, 4) is 5.75 Å². The van der Waals surface area contributed by atoms with Crippen LogP contribution in [-0.4, -0.2) is 71.8 Å². The summed E-state index contributed by atoms with van der Waals surface area (Å²) >= 11 is 7.39. The van der Waals surface area contributed by atoms with Crippen molar-refractivity contribution in [2.24, 2.45) is 0 Å². The van der Waals surface area contributed by atoms with Crippen molar-refractivity contribution >= 4 is 35.0 Å². The smallest absolute Gasteiger partial charge is 0.241 e. The zero-order valence-electron chi connectivity index (χ0n) is 16.9. The average molecular weight is 423 g/mol. The quantitative estimate of drug-likeness (QED) is 0.681. The molecule has 0 aromatic heterocycles. The monoisotopic (exact) mass is 422 g/mol. The number of nitrogens with one attached hydrogen (secondary N) is 2. The number of carbonyl (C=O) groups is 1. The number of likely N-dealkylation sites (N-methyl/N-ethyl adjacent to an activating group) is 1. The fourth-order valence-corrected chi connectivity index (χ4v) is 4.68. The Labute approximate surface area is 177 Å². The first kappa shape index (κ1) is 21.2. The SMILES string of the molecule is COc1ccc(CNC(=S)N2CCC3(CC2)NC(CCSC)C(=O)N3C)cc1. The topological polar surface area (TPSA) is 56.8 Å². The van der Waals surface area contributed by atoms with Gasteiger partial charge in [-0.05, 0) is 48.3 Å². The molecule has 2 aliphatic heterocycles. The standard InChI is InChI=1S/C20H30N4O2S2/c1-23-18(25)17(8-13-28-3)22-20(23)9-11-24(12-10-20)19(27)21-14-15-4-6-16(26-2)7-5-15/h4-7,17,22H,8-14H2,1-3H3,(H,21,27). The van der Waals surface area contributed by atoms with Crippen molar-refractivity contribution in [3.63, 3.8) is 0 Å². The number of methoxy groups -OCH3 is 1. The predicted octanol–water partition coefficient (Wildman–Crippen LogP) is 2.05. The summed E-state index contributed by atoms with van der Waals surface area (Å²) in [6.07, 6.45) is 4.74. The number of benzene rings is 1. The average Bonchev–Trinajstić information content (AvgIpc) is 2.96. The van der Waals surface area contributed by atoms with Crippen LogP contribution >= 0.6 is 24.0 Å². The molecule has 8 heteroatoms. The molecule has 2 saturated heterocycles. The van der Waals surface area contributed by atoms with Crippen molar-refractivity contribution in [3.05, 3.63) is 29.8 Å². The van der Waals surface area contributed by atoms with E-state index in [1.807, 2.05) is 36.2 Å². The first-order valence-corrected chi connectivity index (χ1v) is 11.5. The van der Waals surface area contributed by atoms with Gasteiger partial charge in [0, 0.05) is 39.5 Å². The van der Waals surface area contributed by atoms with Crippen molar-refractivity contribution in [1.82, 2.24) is 20.4 Å². The highest BCUT2D eigenvalue weighted by Gasteiger charge is 2.49. The van der Waals surface area contributed by atoms with E-state index in [2.05, 4.69) is 21.8 Å². The minimum atomic E-state index is -0.220. The van der Waals surface area contributed by atoms with Crippen LogP contribution in [0.1, 0.15) is 24.8 Å². The van der Waals surface area contributed by atoms with Gasteiger partial charge in [-0.1, -0.05) is 12.1 Å². The van der Waals surface area contributed by atoms with E-state index in [9.17, 15) is 4.79 Å². The molecular formula is C20H30N4O2S2. The Morgan fingerprint density at radius 2 is 2.04 bits per heavy atom. The number of nitrogens with zero attached hydrogens (tertiary/aromatic N) is 2. The minimum absolute atomic E-state index is 0.0517. The normalized spacial score (nSPS) is 21.2. The fraction of sp³-hybridized carbons (Fsp3) is 0.600. The second-order valence-electron chi connectivity index (χ2n) is 7.40. The largest absolute Gasteiger partial charge is 0.497 e. The molecule has 154 valence electrons. The Morgan fingerprint density at radius 1 is 1.36 bits per heavy atom. The highest BCUT2D eigenvalue weighted by Crippen LogP contribution is 2.32. The number of likely N-dealkylation sites (tertiary alicyclic amines) is 1. The van der Waals surface area contributed by atoms with Crippen LogP contribution in [0.4, 0.5) is 0 Å². The highest BCUT2D eigenvalue weighted by molar-refractivity contribution is 7.98. The van der Waals surface area contributed by atoms with Crippen molar-refractivity contribution in [2.45, 2.75) is 37.5 Å².